The van der Waals surface area contributed by atoms with Gasteiger partial charge in [-0.3, -0.25) is 14.4 Å². The van der Waals surface area contributed by atoms with Crippen molar-refractivity contribution < 1.29 is 56.6 Å². The van der Waals surface area contributed by atoms with Crippen LogP contribution in [-0.2, 0) is 66.4 Å². The molecule has 0 fully saturated rings. The van der Waals surface area contributed by atoms with E-state index >= 15 is 0 Å². The van der Waals surface area contributed by atoms with Crippen molar-refractivity contribution in [2.75, 3.05) is 14.2 Å². The minimum absolute atomic E-state index is 0. The molecule has 7 nitrogen and oxygen atoms in total. The summed E-state index contributed by atoms with van der Waals surface area (Å²) in [6.07, 6.45) is 6.84. The summed E-state index contributed by atoms with van der Waals surface area (Å²) in [6.45, 7) is 3.58. The normalized spacial score (nSPS) is 12.3. The number of nitrogens with one attached hydrogen (secondary N) is 1. The minimum atomic E-state index is -0.245. The standard InChI is InChI=1S/C14H17NO2.C11H12O2.C3H7NO.2CH4.Y/c1-3-14(16)15-11-7-8-12-10(9-11)5-4-6-13(12)17-2;1-13-11-4-2-3-8-7-9(12)5-6-10(8)11;1-2-3(4)5;;;/h4-6,9H,3,7-8H2,1-2H3,(H,15,16);2-4H,5-7H2,1H3;2H2,1H3,(H2,4,5);2*1H4;. The Balaban J connectivity index is 0. The first kappa shape index (κ1) is 37.6. The van der Waals surface area contributed by atoms with Crippen LogP contribution in [0.15, 0.2) is 42.1 Å². The van der Waals surface area contributed by atoms with Crippen molar-refractivity contribution in [2.24, 2.45) is 5.73 Å². The van der Waals surface area contributed by atoms with E-state index in [0.717, 1.165) is 47.6 Å². The minimum Gasteiger partial charge on any atom is -0.496 e. The summed E-state index contributed by atoms with van der Waals surface area (Å²) in [6, 6.07) is 11.9. The molecule has 1 radical (unpaired) electrons. The number of hydrogen-bond donors (Lipinski definition) is 2. The third-order valence-electron chi connectivity index (χ3n) is 5.82. The molecule has 4 rings (SSSR count). The van der Waals surface area contributed by atoms with Gasteiger partial charge in [-0.1, -0.05) is 53.0 Å². The van der Waals surface area contributed by atoms with Gasteiger partial charge in [0.15, 0.2) is 0 Å². The van der Waals surface area contributed by atoms with E-state index in [4.69, 9.17) is 9.47 Å². The molecule has 2 aliphatic rings. The van der Waals surface area contributed by atoms with E-state index in [9.17, 15) is 14.4 Å². The van der Waals surface area contributed by atoms with Gasteiger partial charge in [0.05, 0.1) is 14.2 Å². The van der Waals surface area contributed by atoms with Crippen LogP contribution in [0.3, 0.4) is 0 Å². The molecule has 2 aliphatic carbocycles. The van der Waals surface area contributed by atoms with E-state index in [1.807, 2.05) is 43.3 Å². The zero-order chi connectivity index (χ0) is 25.8. The number of methoxy groups -OCH3 is 2. The van der Waals surface area contributed by atoms with Crippen LogP contribution in [0.1, 0.15) is 76.6 Å². The van der Waals surface area contributed by atoms with Gasteiger partial charge in [-0.15, -0.1) is 0 Å². The Kier molecular flexibility index (Phi) is 19.4. The van der Waals surface area contributed by atoms with Crippen LogP contribution < -0.4 is 20.5 Å². The van der Waals surface area contributed by atoms with Gasteiger partial charge in [0, 0.05) is 69.7 Å². The number of nitrogens with two attached hydrogens (primary N) is 1. The fourth-order valence-electron chi connectivity index (χ4n) is 3.88. The number of amides is 2. The molecule has 0 aromatic heterocycles. The molecule has 0 aliphatic heterocycles. The zero-order valence-electron chi connectivity index (χ0n) is 21.7. The van der Waals surface area contributed by atoms with Gasteiger partial charge in [0.25, 0.3) is 0 Å². The van der Waals surface area contributed by atoms with Crippen molar-refractivity contribution in [2.45, 2.75) is 73.6 Å². The maximum Gasteiger partial charge on any atom is 0.223 e. The Hall–Kier alpha value is -2.51. The van der Waals surface area contributed by atoms with E-state index < -0.39 is 0 Å². The third kappa shape index (κ3) is 11.5. The van der Waals surface area contributed by atoms with Gasteiger partial charge in [-0.05, 0) is 54.2 Å². The van der Waals surface area contributed by atoms with Crippen LogP contribution in [0.5, 0.6) is 11.5 Å². The van der Waals surface area contributed by atoms with Crippen molar-refractivity contribution in [1.29, 1.82) is 0 Å². The molecule has 8 heteroatoms. The summed E-state index contributed by atoms with van der Waals surface area (Å²) < 4.78 is 10.6. The molecule has 2 amide bonds. The second-order valence-electron chi connectivity index (χ2n) is 8.23. The maximum atomic E-state index is 11.3. The number of allylic oxidation sites excluding steroid dienone is 1. The first-order valence-electron chi connectivity index (χ1n) is 11.9. The number of carbonyl (C=O) groups is 3. The van der Waals surface area contributed by atoms with Gasteiger partial charge in [0.1, 0.15) is 17.3 Å². The van der Waals surface area contributed by atoms with E-state index in [2.05, 4.69) is 17.1 Å². The Labute approximate surface area is 253 Å². The average Bonchev–Trinajstić information content (AvgIpc) is 2.88. The number of fused-ring (bicyclic) bond motifs is 2. The van der Waals surface area contributed by atoms with Crippen LogP contribution >= 0.6 is 0 Å². The summed E-state index contributed by atoms with van der Waals surface area (Å²) in [5.74, 6) is 2.01. The molecule has 0 heterocycles. The van der Waals surface area contributed by atoms with Crippen LogP contribution in [0, 0.1) is 0 Å². The first-order valence-corrected chi connectivity index (χ1v) is 11.9. The Morgan fingerprint density at radius 1 is 0.868 bits per heavy atom. The predicted molar refractivity (Wildman–Crippen MR) is 151 cm³/mol. The molecule has 2 aromatic carbocycles. The van der Waals surface area contributed by atoms with Crippen LogP contribution in [0.4, 0.5) is 0 Å². The topological polar surface area (TPSA) is 108 Å². The summed E-state index contributed by atoms with van der Waals surface area (Å²) in [5, 5.41) is 2.93. The van der Waals surface area contributed by atoms with Crippen LogP contribution in [0.2, 0.25) is 0 Å². The van der Waals surface area contributed by atoms with Crippen molar-refractivity contribution in [1.82, 2.24) is 5.32 Å². The smallest absolute Gasteiger partial charge is 0.223 e. The molecule has 2 aromatic rings. The number of benzene rings is 2. The molecule has 3 N–H and O–H groups in total. The van der Waals surface area contributed by atoms with Crippen LogP contribution in [0.25, 0.3) is 6.08 Å². The number of ether oxygens (including phenoxy) is 2. The fourth-order valence-corrected chi connectivity index (χ4v) is 3.88. The predicted octanol–water partition coefficient (Wildman–Crippen LogP) is 5.41. The van der Waals surface area contributed by atoms with Crippen molar-refractivity contribution in [3.63, 3.8) is 0 Å². The second kappa shape index (κ2) is 19.5. The van der Waals surface area contributed by atoms with Crippen LogP contribution in [-0.4, -0.2) is 31.8 Å². The van der Waals surface area contributed by atoms with Gasteiger partial charge in [-0.2, -0.15) is 0 Å². The molecular weight excluding hydrogens is 557 g/mol. The number of primary amides is 1. The number of carbonyl (C=O) groups excluding carboxylic acids is 3. The first-order chi connectivity index (χ1) is 16.8. The van der Waals surface area contributed by atoms with Gasteiger partial charge < -0.3 is 20.5 Å². The molecule has 0 bridgehead atoms. The summed E-state index contributed by atoms with van der Waals surface area (Å²) in [4.78, 5) is 32.1. The third-order valence-corrected chi connectivity index (χ3v) is 5.82. The largest absolute Gasteiger partial charge is 0.496 e. The van der Waals surface area contributed by atoms with Gasteiger partial charge >= 0.3 is 0 Å². The molecule has 207 valence electrons. The number of rotatable bonds is 5. The van der Waals surface area contributed by atoms with E-state index in [-0.39, 0.29) is 59.4 Å². The maximum absolute atomic E-state index is 11.3. The Morgan fingerprint density at radius 3 is 1.97 bits per heavy atom. The Morgan fingerprint density at radius 2 is 1.42 bits per heavy atom. The molecule has 0 saturated carbocycles. The second-order valence-corrected chi connectivity index (χ2v) is 8.23. The number of ketones is 1. The average molecular weight is 602 g/mol. The molecular formula is C30H44N2O5Y. The molecule has 38 heavy (non-hydrogen) atoms. The summed E-state index contributed by atoms with van der Waals surface area (Å²) >= 11 is 0. The van der Waals surface area contributed by atoms with E-state index in [1.165, 1.54) is 11.1 Å². The summed E-state index contributed by atoms with van der Waals surface area (Å²) in [7, 11) is 3.36. The monoisotopic (exact) mass is 601 g/mol. The SMILES string of the molecule is C.C.CCC(=O)NC1=Cc2cccc(OC)c2CC1.CCC(N)=O.COc1cccc2c1CCC(=O)C2.[Y]. The Bertz CT molecular complexity index is 1080. The fraction of sp³-hybridized carbons (Fsp3) is 0.433. The number of hydrogen-bond acceptors (Lipinski definition) is 5. The quantitative estimate of drug-likeness (QED) is 0.477. The van der Waals surface area contributed by atoms with Crippen molar-refractivity contribution in [3.05, 3.63) is 64.3 Å². The molecule has 0 saturated heterocycles. The van der Waals surface area contributed by atoms with Crippen molar-refractivity contribution in [3.8, 4) is 11.5 Å². The van der Waals surface area contributed by atoms with E-state index in [0.29, 0.717) is 31.5 Å². The van der Waals surface area contributed by atoms with Gasteiger partial charge in [0.2, 0.25) is 11.8 Å². The summed E-state index contributed by atoms with van der Waals surface area (Å²) in [5.41, 5.74) is 10.4. The zero-order valence-corrected chi connectivity index (χ0v) is 24.5. The molecule has 0 atom stereocenters. The number of Topliss-reactive ketones (excluding diaryl/α,β-unsaturated/α-hetero) is 1. The van der Waals surface area contributed by atoms with E-state index in [1.54, 1.807) is 21.1 Å². The molecule has 0 unspecified atom stereocenters. The molecule has 0 spiro atoms. The van der Waals surface area contributed by atoms with Gasteiger partial charge in [-0.25, -0.2) is 0 Å². The van der Waals surface area contributed by atoms with Crippen molar-refractivity contribution >= 4 is 23.7 Å².